The maximum absolute atomic E-state index is 12.7. The highest BCUT2D eigenvalue weighted by Gasteiger charge is 2.33. The van der Waals surface area contributed by atoms with Gasteiger partial charge in [-0.1, -0.05) is 0 Å². The molecule has 2 aromatic rings. The molecule has 0 aromatic carbocycles. The van der Waals surface area contributed by atoms with Crippen molar-refractivity contribution in [2.75, 3.05) is 6.54 Å². The van der Waals surface area contributed by atoms with E-state index in [9.17, 15) is 22.8 Å². The number of hydrogen-bond acceptors (Lipinski definition) is 5. The number of aromatic nitrogens is 4. The number of alkyl halides is 3. The van der Waals surface area contributed by atoms with Crippen LogP contribution in [-0.4, -0.2) is 32.0 Å². The van der Waals surface area contributed by atoms with Gasteiger partial charge in [-0.25, -0.2) is 14.8 Å². The van der Waals surface area contributed by atoms with E-state index in [1.54, 1.807) is 19.9 Å². The summed E-state index contributed by atoms with van der Waals surface area (Å²) in [5, 5.41) is 2.54. The Morgan fingerprint density at radius 3 is 2.38 bits per heavy atom. The van der Waals surface area contributed by atoms with E-state index in [1.165, 1.54) is 11.5 Å². The Kier molecular flexibility index (Phi) is 5.73. The molecule has 0 radical (unpaired) electrons. The van der Waals surface area contributed by atoms with Crippen LogP contribution in [0.2, 0.25) is 0 Å². The number of rotatable bonds is 5. The lowest BCUT2D eigenvalue weighted by molar-refractivity contribution is -0.141. The van der Waals surface area contributed by atoms with Crippen molar-refractivity contribution in [1.29, 1.82) is 0 Å². The lowest BCUT2D eigenvalue weighted by atomic mass is 10.3. The van der Waals surface area contributed by atoms with E-state index in [2.05, 4.69) is 20.3 Å². The number of aryl methyl sites for hydroxylation is 3. The van der Waals surface area contributed by atoms with Gasteiger partial charge in [0.05, 0.1) is 0 Å². The van der Waals surface area contributed by atoms with E-state index in [1.807, 2.05) is 0 Å². The highest BCUT2D eigenvalue weighted by Crippen LogP contribution is 2.27. The average Bonchev–Trinajstić information content (AvgIpc) is 2.49. The minimum absolute atomic E-state index is 0.0111. The van der Waals surface area contributed by atoms with Crippen molar-refractivity contribution in [3.8, 4) is 0 Å². The third-order valence-electron chi connectivity index (χ3n) is 3.51. The van der Waals surface area contributed by atoms with Crippen molar-refractivity contribution in [3.05, 3.63) is 51.2 Å². The molecule has 2 rings (SSSR count). The van der Waals surface area contributed by atoms with Gasteiger partial charge in [0.2, 0.25) is 5.91 Å². The molecular formula is C16H18F3N5O2. The fraction of sp³-hybridized carbons (Fsp3) is 0.438. The van der Waals surface area contributed by atoms with Gasteiger partial charge in [-0.15, -0.1) is 0 Å². The molecule has 2 aromatic heterocycles. The third-order valence-corrected chi connectivity index (χ3v) is 3.51. The fourth-order valence-electron chi connectivity index (χ4n) is 2.37. The first kappa shape index (κ1) is 19.5. The quantitative estimate of drug-likeness (QED) is 0.859. The minimum atomic E-state index is -4.55. The summed E-state index contributed by atoms with van der Waals surface area (Å²) in [7, 11) is 0. The molecular weight excluding hydrogens is 351 g/mol. The van der Waals surface area contributed by atoms with E-state index in [0.29, 0.717) is 11.4 Å². The lowest BCUT2D eigenvalue weighted by Gasteiger charge is -2.11. The first-order valence-electron chi connectivity index (χ1n) is 7.80. The van der Waals surface area contributed by atoms with Crippen LogP contribution in [0.25, 0.3) is 0 Å². The largest absolute Gasteiger partial charge is 0.433 e. The summed E-state index contributed by atoms with van der Waals surface area (Å²) in [5.41, 5.74) is -0.203. The maximum atomic E-state index is 12.7. The highest BCUT2D eigenvalue weighted by atomic mass is 19.4. The normalized spacial score (nSPS) is 11.5. The van der Waals surface area contributed by atoms with Crippen LogP contribution in [0.4, 0.5) is 13.2 Å². The molecule has 2 heterocycles. The minimum Gasteiger partial charge on any atom is -0.354 e. The Balaban J connectivity index is 1.97. The monoisotopic (exact) mass is 369 g/mol. The predicted octanol–water partition coefficient (Wildman–Crippen LogP) is 1.34. The number of nitrogens with one attached hydrogen (secondary N) is 1. The van der Waals surface area contributed by atoms with E-state index < -0.39 is 23.5 Å². The second kappa shape index (κ2) is 7.63. The fourth-order valence-corrected chi connectivity index (χ4v) is 2.37. The molecule has 0 saturated heterocycles. The Hall–Kier alpha value is -2.78. The molecule has 0 unspecified atom stereocenters. The molecule has 0 atom stereocenters. The van der Waals surface area contributed by atoms with Gasteiger partial charge < -0.3 is 5.32 Å². The molecule has 0 fully saturated rings. The molecule has 1 amide bonds. The van der Waals surface area contributed by atoms with Gasteiger partial charge in [0.25, 0.3) is 0 Å². The topological polar surface area (TPSA) is 89.8 Å². The van der Waals surface area contributed by atoms with Crippen molar-refractivity contribution in [2.45, 2.75) is 39.9 Å². The molecule has 10 heteroatoms. The highest BCUT2D eigenvalue weighted by molar-refractivity contribution is 5.75. The maximum Gasteiger partial charge on any atom is 0.433 e. The first-order valence-corrected chi connectivity index (χ1v) is 7.80. The number of nitrogens with zero attached hydrogens (tertiary/aromatic N) is 4. The van der Waals surface area contributed by atoms with Gasteiger partial charge in [0.15, 0.2) is 0 Å². The summed E-state index contributed by atoms with van der Waals surface area (Å²) in [6, 6.07) is 2.54. The Bertz CT molecular complexity index is 877. The van der Waals surface area contributed by atoms with Crippen LogP contribution in [0.5, 0.6) is 0 Å². The number of carbonyl (C=O) groups excluding carboxylic acids is 1. The second-order valence-electron chi connectivity index (χ2n) is 5.82. The molecule has 0 saturated carbocycles. The SMILES string of the molecule is Cc1cc(C(F)(F)F)nc(CCNC(=O)Cn2c(C)cc(C)nc2=O)n1. The standard InChI is InChI=1S/C16H18F3N5O2/c1-9-6-11(3)24(15(26)22-9)8-14(25)20-5-4-13-21-10(2)7-12(23-13)16(17,18)19/h6-7H,4-5,8H2,1-3H3,(H,20,25). The Morgan fingerprint density at radius 1 is 1.12 bits per heavy atom. The molecule has 0 bridgehead atoms. The molecule has 7 nitrogen and oxygen atoms in total. The van der Waals surface area contributed by atoms with Crippen LogP contribution in [0.15, 0.2) is 16.9 Å². The van der Waals surface area contributed by atoms with Crippen molar-refractivity contribution in [2.24, 2.45) is 0 Å². The van der Waals surface area contributed by atoms with E-state index in [4.69, 9.17) is 0 Å². The molecule has 1 N–H and O–H groups in total. The van der Waals surface area contributed by atoms with Gasteiger partial charge in [0.1, 0.15) is 18.1 Å². The van der Waals surface area contributed by atoms with Gasteiger partial charge in [-0.05, 0) is 32.9 Å². The van der Waals surface area contributed by atoms with Crippen LogP contribution in [-0.2, 0) is 23.9 Å². The van der Waals surface area contributed by atoms with E-state index >= 15 is 0 Å². The summed E-state index contributed by atoms with van der Waals surface area (Å²) in [6.07, 6.45) is -4.51. The van der Waals surface area contributed by atoms with Crippen molar-refractivity contribution >= 4 is 5.91 Å². The Labute approximate surface area is 147 Å². The van der Waals surface area contributed by atoms with E-state index in [-0.39, 0.29) is 31.0 Å². The zero-order valence-corrected chi connectivity index (χ0v) is 14.5. The molecule has 0 spiro atoms. The number of carbonyl (C=O) groups is 1. The van der Waals surface area contributed by atoms with Crippen molar-refractivity contribution in [3.63, 3.8) is 0 Å². The first-order chi connectivity index (χ1) is 12.1. The zero-order valence-electron chi connectivity index (χ0n) is 14.5. The summed E-state index contributed by atoms with van der Waals surface area (Å²) >= 11 is 0. The molecule has 0 aliphatic carbocycles. The van der Waals surface area contributed by atoms with Crippen LogP contribution in [0.3, 0.4) is 0 Å². The number of amides is 1. The van der Waals surface area contributed by atoms with Crippen molar-refractivity contribution in [1.82, 2.24) is 24.8 Å². The Morgan fingerprint density at radius 2 is 1.77 bits per heavy atom. The van der Waals surface area contributed by atoms with Gasteiger partial charge in [-0.2, -0.15) is 18.2 Å². The zero-order chi connectivity index (χ0) is 19.5. The summed E-state index contributed by atoms with van der Waals surface area (Å²) in [4.78, 5) is 34.9. The van der Waals surface area contributed by atoms with Crippen LogP contribution in [0.1, 0.15) is 28.6 Å². The van der Waals surface area contributed by atoms with Crippen LogP contribution in [0, 0.1) is 20.8 Å². The summed E-state index contributed by atoms with van der Waals surface area (Å²) < 4.78 is 39.5. The predicted molar refractivity (Wildman–Crippen MR) is 86.5 cm³/mol. The number of halogens is 3. The van der Waals surface area contributed by atoms with Gasteiger partial charge in [0, 0.05) is 30.0 Å². The molecule has 140 valence electrons. The van der Waals surface area contributed by atoms with Crippen LogP contribution >= 0.6 is 0 Å². The van der Waals surface area contributed by atoms with E-state index in [0.717, 1.165) is 6.07 Å². The van der Waals surface area contributed by atoms with Gasteiger partial charge in [-0.3, -0.25) is 9.36 Å². The summed E-state index contributed by atoms with van der Waals surface area (Å²) in [6.45, 7) is 4.63. The third kappa shape index (κ3) is 5.11. The summed E-state index contributed by atoms with van der Waals surface area (Å²) in [5.74, 6) is -0.465. The smallest absolute Gasteiger partial charge is 0.354 e. The van der Waals surface area contributed by atoms with Crippen LogP contribution < -0.4 is 11.0 Å². The molecule has 26 heavy (non-hydrogen) atoms. The second-order valence-corrected chi connectivity index (χ2v) is 5.82. The molecule has 0 aliphatic rings. The molecule has 0 aliphatic heterocycles. The number of hydrogen-bond donors (Lipinski definition) is 1. The lowest BCUT2D eigenvalue weighted by Crippen LogP contribution is -2.35. The average molecular weight is 369 g/mol. The van der Waals surface area contributed by atoms with Crippen molar-refractivity contribution < 1.29 is 18.0 Å². The van der Waals surface area contributed by atoms with Gasteiger partial charge >= 0.3 is 11.9 Å².